The van der Waals surface area contributed by atoms with Crippen LogP contribution in [0.25, 0.3) is 22.2 Å². The molecule has 0 aliphatic rings. The van der Waals surface area contributed by atoms with Crippen molar-refractivity contribution in [2.75, 3.05) is 31.0 Å². The topological polar surface area (TPSA) is 98.8 Å². The third-order valence-corrected chi connectivity index (χ3v) is 5.10. The average Bonchev–Trinajstić information content (AvgIpc) is 2.88. The molecular formula is C27H25N3O5. The fourth-order valence-electron chi connectivity index (χ4n) is 3.52. The predicted octanol–water partition coefficient (Wildman–Crippen LogP) is 5.50. The van der Waals surface area contributed by atoms with Gasteiger partial charge in [-0.2, -0.15) is 0 Å². The van der Waals surface area contributed by atoms with Gasteiger partial charge in [0.15, 0.2) is 6.61 Å². The van der Waals surface area contributed by atoms with E-state index < -0.39 is 12.0 Å². The molecule has 35 heavy (non-hydrogen) atoms. The molecule has 8 heteroatoms. The summed E-state index contributed by atoms with van der Waals surface area (Å²) < 4.78 is 16.1. The third kappa shape index (κ3) is 5.86. The van der Waals surface area contributed by atoms with Crippen molar-refractivity contribution in [2.45, 2.75) is 6.92 Å². The second kappa shape index (κ2) is 11.0. The molecule has 0 aliphatic carbocycles. The van der Waals surface area contributed by atoms with Crippen LogP contribution in [0.1, 0.15) is 6.92 Å². The van der Waals surface area contributed by atoms with E-state index in [9.17, 15) is 9.59 Å². The Morgan fingerprint density at radius 1 is 0.886 bits per heavy atom. The molecule has 1 heterocycles. The van der Waals surface area contributed by atoms with Gasteiger partial charge in [-0.25, -0.2) is 14.6 Å². The lowest BCUT2D eigenvalue weighted by molar-refractivity contribution is -0.145. The van der Waals surface area contributed by atoms with E-state index >= 15 is 0 Å². The molecule has 4 rings (SSSR count). The summed E-state index contributed by atoms with van der Waals surface area (Å²) in [5.41, 5.74) is 3.34. The molecule has 0 bridgehead atoms. The number of para-hydroxylation sites is 2. The summed E-state index contributed by atoms with van der Waals surface area (Å²) in [7, 11) is 1.54. The molecule has 0 radical (unpaired) electrons. The lowest BCUT2D eigenvalue weighted by Crippen LogP contribution is -2.19. The van der Waals surface area contributed by atoms with Gasteiger partial charge in [0.05, 0.1) is 30.6 Å². The van der Waals surface area contributed by atoms with Gasteiger partial charge in [-0.05, 0) is 37.3 Å². The maximum absolute atomic E-state index is 12.6. The molecule has 0 fully saturated rings. The Labute approximate surface area is 202 Å². The molecule has 1 aromatic heterocycles. The summed E-state index contributed by atoms with van der Waals surface area (Å²) in [5.74, 6) is 0.535. The van der Waals surface area contributed by atoms with E-state index in [-0.39, 0.29) is 13.2 Å². The Kier molecular flexibility index (Phi) is 7.42. The maximum atomic E-state index is 12.6. The number of anilines is 2. The summed E-state index contributed by atoms with van der Waals surface area (Å²) in [5, 5.41) is 6.23. The minimum atomic E-state index is -0.468. The van der Waals surface area contributed by atoms with Crippen LogP contribution in [-0.2, 0) is 9.53 Å². The van der Waals surface area contributed by atoms with Gasteiger partial charge in [-0.3, -0.25) is 0 Å². The van der Waals surface area contributed by atoms with Crippen molar-refractivity contribution in [1.82, 2.24) is 4.98 Å². The highest BCUT2D eigenvalue weighted by Gasteiger charge is 2.13. The summed E-state index contributed by atoms with van der Waals surface area (Å²) in [4.78, 5) is 29.3. The highest BCUT2D eigenvalue weighted by Crippen LogP contribution is 2.32. The minimum absolute atomic E-state index is 0.243. The highest BCUT2D eigenvalue weighted by atomic mass is 16.6. The Hall–Kier alpha value is -4.59. The second-order valence-corrected chi connectivity index (χ2v) is 7.48. The van der Waals surface area contributed by atoms with E-state index in [2.05, 4.69) is 10.6 Å². The molecule has 3 aromatic carbocycles. The Balaban J connectivity index is 1.63. The van der Waals surface area contributed by atoms with Crippen molar-refractivity contribution in [1.29, 1.82) is 0 Å². The van der Waals surface area contributed by atoms with Crippen LogP contribution in [0.15, 0.2) is 78.9 Å². The van der Waals surface area contributed by atoms with Crippen molar-refractivity contribution < 1.29 is 23.8 Å². The summed E-state index contributed by atoms with van der Waals surface area (Å²) in [6, 6.07) is 23.4. The van der Waals surface area contributed by atoms with Crippen LogP contribution in [0, 0.1) is 0 Å². The van der Waals surface area contributed by atoms with Crippen LogP contribution in [0.3, 0.4) is 0 Å². The zero-order chi connectivity index (χ0) is 24.6. The molecule has 4 aromatic rings. The fraction of sp³-hybridized carbons (Fsp3) is 0.148. The van der Waals surface area contributed by atoms with Gasteiger partial charge >= 0.3 is 12.0 Å². The first-order valence-corrected chi connectivity index (χ1v) is 11.1. The number of methoxy groups -OCH3 is 1. The van der Waals surface area contributed by atoms with Gasteiger partial charge in [0, 0.05) is 22.7 Å². The molecule has 8 nitrogen and oxygen atoms in total. The predicted molar refractivity (Wildman–Crippen MR) is 135 cm³/mol. The van der Waals surface area contributed by atoms with Crippen LogP contribution in [-0.4, -0.2) is 37.3 Å². The molecule has 0 atom stereocenters. The number of esters is 1. The number of ether oxygens (including phenoxy) is 3. The highest BCUT2D eigenvalue weighted by molar-refractivity contribution is 6.02. The Morgan fingerprint density at radius 2 is 1.66 bits per heavy atom. The van der Waals surface area contributed by atoms with Crippen LogP contribution in [0.2, 0.25) is 0 Å². The van der Waals surface area contributed by atoms with Crippen LogP contribution < -0.4 is 20.1 Å². The Morgan fingerprint density at radius 3 is 2.43 bits per heavy atom. The van der Waals surface area contributed by atoms with Gasteiger partial charge in [0.25, 0.3) is 0 Å². The van der Waals surface area contributed by atoms with Crippen molar-refractivity contribution in [3.63, 3.8) is 0 Å². The lowest BCUT2D eigenvalue weighted by Gasteiger charge is -2.14. The van der Waals surface area contributed by atoms with Crippen molar-refractivity contribution in [3.05, 3.63) is 78.9 Å². The van der Waals surface area contributed by atoms with E-state index in [1.807, 2.05) is 36.4 Å². The quantitative estimate of drug-likeness (QED) is 0.330. The second-order valence-electron chi connectivity index (χ2n) is 7.48. The number of pyridine rings is 1. The van der Waals surface area contributed by atoms with Gasteiger partial charge in [-0.15, -0.1) is 0 Å². The molecule has 0 spiro atoms. The van der Waals surface area contributed by atoms with Crippen LogP contribution in [0.5, 0.6) is 11.5 Å². The maximum Gasteiger partial charge on any atom is 0.344 e. The smallest absolute Gasteiger partial charge is 0.344 e. The largest absolute Gasteiger partial charge is 0.495 e. The summed E-state index contributed by atoms with van der Waals surface area (Å²) in [6.07, 6.45) is 0. The van der Waals surface area contributed by atoms with E-state index in [1.54, 1.807) is 49.4 Å². The number of hydrogen-bond donors (Lipinski definition) is 2. The number of carbonyl (C=O) groups is 2. The number of nitrogens with one attached hydrogen (secondary N) is 2. The first-order valence-electron chi connectivity index (χ1n) is 11.1. The number of nitrogens with zero attached hydrogens (tertiary/aromatic N) is 1. The molecule has 178 valence electrons. The fourth-order valence-corrected chi connectivity index (χ4v) is 3.52. The van der Waals surface area contributed by atoms with Gasteiger partial charge < -0.3 is 24.8 Å². The number of aromatic nitrogens is 1. The zero-order valence-corrected chi connectivity index (χ0v) is 19.4. The van der Waals surface area contributed by atoms with Crippen molar-refractivity contribution in [2.24, 2.45) is 0 Å². The van der Waals surface area contributed by atoms with Crippen LogP contribution >= 0.6 is 0 Å². The van der Waals surface area contributed by atoms with Crippen molar-refractivity contribution in [3.8, 4) is 22.8 Å². The monoisotopic (exact) mass is 471 g/mol. The number of hydrogen-bond acceptors (Lipinski definition) is 6. The normalized spacial score (nSPS) is 10.5. The first kappa shape index (κ1) is 23.6. The summed E-state index contributed by atoms with van der Waals surface area (Å²) in [6.45, 7) is 1.76. The lowest BCUT2D eigenvalue weighted by atomic mass is 10.1. The minimum Gasteiger partial charge on any atom is -0.495 e. The number of urea groups is 1. The van der Waals surface area contributed by atoms with E-state index in [4.69, 9.17) is 19.2 Å². The molecule has 0 unspecified atom stereocenters. The number of benzene rings is 3. The standard InChI is InChI=1S/C27H25N3O5/c1-3-34-26(31)17-35-25-16-23(18-9-5-4-6-10-18)29-21-14-13-19(15-20(21)25)28-27(32)30-22-11-7-8-12-24(22)33-2/h4-16H,3,17H2,1-2H3,(H2,28,30,32). The van der Waals surface area contributed by atoms with Crippen LogP contribution in [0.4, 0.5) is 16.2 Å². The van der Waals surface area contributed by atoms with Gasteiger partial charge in [0.2, 0.25) is 0 Å². The first-order chi connectivity index (χ1) is 17.1. The molecule has 0 saturated heterocycles. The van der Waals surface area contributed by atoms with E-state index in [1.165, 1.54) is 7.11 Å². The molecule has 0 aliphatic heterocycles. The molecular weight excluding hydrogens is 446 g/mol. The molecule has 2 N–H and O–H groups in total. The van der Waals surface area contributed by atoms with Crippen molar-refractivity contribution >= 4 is 34.3 Å². The number of rotatable bonds is 8. The van der Waals surface area contributed by atoms with Gasteiger partial charge in [-0.1, -0.05) is 42.5 Å². The number of carbonyl (C=O) groups excluding carboxylic acids is 2. The molecule has 0 saturated carbocycles. The van der Waals surface area contributed by atoms with Gasteiger partial charge in [0.1, 0.15) is 11.5 Å². The third-order valence-electron chi connectivity index (χ3n) is 5.10. The average molecular weight is 472 g/mol. The molecule has 2 amide bonds. The SMILES string of the molecule is CCOC(=O)COc1cc(-c2ccccc2)nc2ccc(NC(=O)Nc3ccccc3OC)cc12. The number of fused-ring (bicyclic) bond motifs is 1. The Bertz CT molecular complexity index is 1340. The van der Waals surface area contributed by atoms with E-state index in [0.717, 1.165) is 5.56 Å². The summed E-state index contributed by atoms with van der Waals surface area (Å²) >= 11 is 0. The zero-order valence-electron chi connectivity index (χ0n) is 19.4. The van der Waals surface area contributed by atoms with E-state index in [0.29, 0.717) is 39.5 Å². The number of amides is 2.